The molecule has 0 radical (unpaired) electrons. The van der Waals surface area contributed by atoms with Gasteiger partial charge in [-0.1, -0.05) is 29.3 Å². The number of halogens is 8. The van der Waals surface area contributed by atoms with E-state index in [9.17, 15) is 26.3 Å². The molecule has 3 N–H and O–H groups in total. The van der Waals surface area contributed by atoms with Gasteiger partial charge < -0.3 is 10.7 Å². The van der Waals surface area contributed by atoms with Crippen molar-refractivity contribution in [1.82, 2.24) is 4.98 Å². The Hall–Kier alpha value is -1.90. The number of nitrogens with two attached hydrogens (primary N) is 1. The molecule has 0 spiro atoms. The molecule has 0 bridgehead atoms. The van der Waals surface area contributed by atoms with Gasteiger partial charge in [0.25, 0.3) is 0 Å². The summed E-state index contributed by atoms with van der Waals surface area (Å²) in [4.78, 5) is 2.68. The SMILES string of the molecule is NCCCCc1c(-c2ccc(Cl)c(C(F)(F)F)c2)[nH]c2c(C(F)(F)F)ccc(Cl)c12. The number of aromatic amines is 1. The lowest BCUT2D eigenvalue weighted by Gasteiger charge is -2.12. The molecule has 10 heteroatoms. The van der Waals surface area contributed by atoms with E-state index in [4.69, 9.17) is 28.9 Å². The molecule has 0 saturated carbocycles. The summed E-state index contributed by atoms with van der Waals surface area (Å²) < 4.78 is 80.5. The summed E-state index contributed by atoms with van der Waals surface area (Å²) in [6.07, 6.45) is -7.97. The Kier molecular flexibility index (Phi) is 6.32. The Bertz CT molecular complexity index is 1070. The van der Waals surface area contributed by atoms with Gasteiger partial charge in [0.15, 0.2) is 0 Å². The molecular formula is C20H16Cl2F6N2. The van der Waals surface area contributed by atoms with Crippen molar-refractivity contribution in [3.05, 3.63) is 57.1 Å². The van der Waals surface area contributed by atoms with E-state index < -0.39 is 28.5 Å². The quantitative estimate of drug-likeness (QED) is 0.296. The van der Waals surface area contributed by atoms with Crippen molar-refractivity contribution >= 4 is 34.1 Å². The summed E-state index contributed by atoms with van der Waals surface area (Å²) in [7, 11) is 0. The first-order valence-corrected chi connectivity index (χ1v) is 9.68. The Labute approximate surface area is 178 Å². The van der Waals surface area contributed by atoms with Gasteiger partial charge >= 0.3 is 12.4 Å². The molecule has 2 nitrogen and oxygen atoms in total. The number of H-pyrrole nitrogens is 1. The molecule has 0 fully saturated rings. The molecular weight excluding hydrogens is 453 g/mol. The molecule has 0 atom stereocenters. The van der Waals surface area contributed by atoms with Gasteiger partial charge in [-0.25, -0.2) is 0 Å². The van der Waals surface area contributed by atoms with Crippen molar-refractivity contribution in [3.63, 3.8) is 0 Å². The van der Waals surface area contributed by atoms with Crippen LogP contribution in [0.25, 0.3) is 22.2 Å². The van der Waals surface area contributed by atoms with E-state index in [1.54, 1.807) is 0 Å². The summed E-state index contributed by atoms with van der Waals surface area (Å²) in [5.74, 6) is 0. The molecule has 0 aliphatic carbocycles. The van der Waals surface area contributed by atoms with Gasteiger partial charge in [0.05, 0.1) is 26.7 Å². The molecule has 2 aromatic carbocycles. The first-order valence-electron chi connectivity index (χ1n) is 8.92. The summed E-state index contributed by atoms with van der Waals surface area (Å²) >= 11 is 11.9. The molecule has 0 amide bonds. The molecule has 0 unspecified atom stereocenters. The van der Waals surface area contributed by atoms with Crippen LogP contribution in [0.3, 0.4) is 0 Å². The predicted molar refractivity (Wildman–Crippen MR) is 106 cm³/mol. The zero-order valence-corrected chi connectivity index (χ0v) is 16.8. The fraction of sp³-hybridized carbons (Fsp3) is 0.300. The van der Waals surface area contributed by atoms with Gasteiger partial charge in [0.1, 0.15) is 0 Å². The lowest BCUT2D eigenvalue weighted by atomic mass is 9.98. The highest BCUT2D eigenvalue weighted by Crippen LogP contribution is 2.43. The molecule has 1 heterocycles. The van der Waals surface area contributed by atoms with Crippen LogP contribution in [-0.4, -0.2) is 11.5 Å². The average molecular weight is 469 g/mol. The molecule has 0 aliphatic rings. The first kappa shape index (κ1) is 22.8. The molecule has 162 valence electrons. The first-order chi connectivity index (χ1) is 13.9. The summed E-state index contributed by atoms with van der Waals surface area (Å²) in [5, 5.41) is -0.281. The number of hydrogen-bond acceptors (Lipinski definition) is 1. The number of fused-ring (bicyclic) bond motifs is 1. The van der Waals surface area contributed by atoms with Crippen LogP contribution in [0, 0.1) is 0 Å². The summed E-state index contributed by atoms with van der Waals surface area (Å²) in [6, 6.07) is 5.20. The van der Waals surface area contributed by atoms with Crippen LogP contribution >= 0.6 is 23.2 Å². The fourth-order valence-corrected chi connectivity index (χ4v) is 3.90. The number of hydrogen-bond donors (Lipinski definition) is 2. The summed E-state index contributed by atoms with van der Waals surface area (Å²) in [5.41, 5.74) is 3.83. The summed E-state index contributed by atoms with van der Waals surface area (Å²) in [6.45, 7) is 0.373. The monoisotopic (exact) mass is 468 g/mol. The minimum Gasteiger partial charge on any atom is -0.354 e. The minimum absolute atomic E-state index is 0.0647. The largest absolute Gasteiger partial charge is 0.418 e. The van der Waals surface area contributed by atoms with Crippen molar-refractivity contribution in [3.8, 4) is 11.3 Å². The number of aromatic nitrogens is 1. The van der Waals surface area contributed by atoms with E-state index in [1.165, 1.54) is 6.07 Å². The number of unbranched alkanes of at least 4 members (excludes halogenated alkanes) is 1. The topological polar surface area (TPSA) is 41.8 Å². The Balaban J connectivity index is 2.31. The van der Waals surface area contributed by atoms with Crippen molar-refractivity contribution in [2.24, 2.45) is 5.73 Å². The van der Waals surface area contributed by atoms with Crippen molar-refractivity contribution in [1.29, 1.82) is 0 Å². The van der Waals surface area contributed by atoms with Crippen molar-refractivity contribution < 1.29 is 26.3 Å². The highest BCUT2D eigenvalue weighted by molar-refractivity contribution is 6.36. The van der Waals surface area contributed by atoms with Crippen LogP contribution in [0.4, 0.5) is 26.3 Å². The third-order valence-electron chi connectivity index (χ3n) is 4.75. The van der Waals surface area contributed by atoms with E-state index in [-0.39, 0.29) is 33.6 Å². The van der Waals surface area contributed by atoms with E-state index >= 15 is 0 Å². The zero-order chi connectivity index (χ0) is 22.3. The van der Waals surface area contributed by atoms with Gasteiger partial charge in [0, 0.05) is 11.1 Å². The van der Waals surface area contributed by atoms with Gasteiger partial charge in [0.2, 0.25) is 0 Å². The molecule has 0 aliphatic heterocycles. The maximum atomic E-state index is 13.5. The molecule has 3 aromatic rings. The van der Waals surface area contributed by atoms with Crippen molar-refractivity contribution in [2.45, 2.75) is 31.6 Å². The molecule has 0 saturated heterocycles. The third-order valence-corrected chi connectivity index (χ3v) is 5.40. The third kappa shape index (κ3) is 4.40. The van der Waals surface area contributed by atoms with Crippen LogP contribution in [-0.2, 0) is 18.8 Å². The smallest absolute Gasteiger partial charge is 0.354 e. The van der Waals surface area contributed by atoms with Crippen LogP contribution in [0.15, 0.2) is 30.3 Å². The number of benzene rings is 2. The average Bonchev–Trinajstić information content (AvgIpc) is 3.01. The Morgan fingerprint density at radius 1 is 0.833 bits per heavy atom. The van der Waals surface area contributed by atoms with E-state index in [2.05, 4.69) is 4.98 Å². The Morgan fingerprint density at radius 3 is 2.07 bits per heavy atom. The van der Waals surface area contributed by atoms with E-state index in [0.29, 0.717) is 24.9 Å². The number of nitrogens with one attached hydrogen (secondary N) is 1. The molecule has 1 aromatic heterocycles. The normalized spacial score (nSPS) is 12.7. The number of aryl methyl sites for hydroxylation is 1. The minimum atomic E-state index is -4.71. The van der Waals surface area contributed by atoms with Crippen LogP contribution < -0.4 is 5.73 Å². The van der Waals surface area contributed by atoms with E-state index in [0.717, 1.165) is 24.3 Å². The van der Waals surface area contributed by atoms with Crippen LogP contribution in [0.2, 0.25) is 10.0 Å². The lowest BCUT2D eigenvalue weighted by molar-refractivity contribution is -0.137. The van der Waals surface area contributed by atoms with Crippen LogP contribution in [0.5, 0.6) is 0 Å². The van der Waals surface area contributed by atoms with E-state index in [1.807, 2.05) is 0 Å². The molecule has 30 heavy (non-hydrogen) atoms. The number of rotatable bonds is 5. The second-order valence-electron chi connectivity index (χ2n) is 6.76. The van der Waals surface area contributed by atoms with Gasteiger partial charge in [-0.3, -0.25) is 0 Å². The van der Waals surface area contributed by atoms with Gasteiger partial charge in [-0.2, -0.15) is 26.3 Å². The fourth-order valence-electron chi connectivity index (χ4n) is 3.40. The van der Waals surface area contributed by atoms with Gasteiger partial charge in [-0.15, -0.1) is 0 Å². The highest BCUT2D eigenvalue weighted by Gasteiger charge is 2.36. The predicted octanol–water partition coefficient (Wildman–Crippen LogP) is 7.46. The second-order valence-corrected chi connectivity index (χ2v) is 7.57. The maximum Gasteiger partial charge on any atom is 0.418 e. The Morgan fingerprint density at radius 2 is 1.47 bits per heavy atom. The second kappa shape index (κ2) is 8.32. The van der Waals surface area contributed by atoms with Crippen LogP contribution in [0.1, 0.15) is 29.5 Å². The highest BCUT2D eigenvalue weighted by atomic mass is 35.5. The molecule has 3 rings (SSSR count). The zero-order valence-electron chi connectivity index (χ0n) is 15.3. The standard InChI is InChI=1S/C20H16Cl2F6N2/c21-14-6-4-10(9-13(14)20(26,27)28)17-11(3-1-2-8-29)16-15(22)7-5-12(18(16)30-17)19(23,24)25/h4-7,9,30H,1-3,8,29H2. The van der Waals surface area contributed by atoms with Gasteiger partial charge in [-0.05, 0) is 61.2 Å². The number of alkyl halides is 6. The van der Waals surface area contributed by atoms with Crippen molar-refractivity contribution in [2.75, 3.05) is 6.54 Å². The maximum absolute atomic E-state index is 13.5. The lowest BCUT2D eigenvalue weighted by Crippen LogP contribution is -2.06.